The van der Waals surface area contributed by atoms with Gasteiger partial charge in [0.2, 0.25) is 0 Å². The van der Waals surface area contributed by atoms with E-state index in [0.717, 1.165) is 12.3 Å². The van der Waals surface area contributed by atoms with E-state index in [9.17, 15) is 5.11 Å². The molecule has 0 heterocycles. The van der Waals surface area contributed by atoms with Gasteiger partial charge in [0.1, 0.15) is 0 Å². The minimum Gasteiger partial charge on any atom is -0.396 e. The van der Waals surface area contributed by atoms with Gasteiger partial charge in [0.15, 0.2) is 0 Å². The maximum atomic E-state index is 9.25. The predicted octanol–water partition coefficient (Wildman–Crippen LogP) is 3.22. The lowest BCUT2D eigenvalue weighted by Crippen LogP contribution is -2.03. The van der Waals surface area contributed by atoms with Gasteiger partial charge in [0.25, 0.3) is 0 Å². The summed E-state index contributed by atoms with van der Waals surface area (Å²) >= 11 is 0. The number of rotatable bonds is 4. The zero-order valence-corrected chi connectivity index (χ0v) is 9.66. The van der Waals surface area contributed by atoms with Crippen LogP contribution >= 0.6 is 0 Å². The molecular formula is C14H20O. The summed E-state index contributed by atoms with van der Waals surface area (Å²) in [7, 11) is 0. The molecule has 0 aromatic heterocycles. The first-order valence-corrected chi connectivity index (χ1v) is 5.99. The van der Waals surface area contributed by atoms with Crippen molar-refractivity contribution in [3.05, 3.63) is 34.9 Å². The maximum absolute atomic E-state index is 9.25. The van der Waals surface area contributed by atoms with Crippen molar-refractivity contribution in [2.24, 2.45) is 0 Å². The van der Waals surface area contributed by atoms with Gasteiger partial charge in [-0.2, -0.15) is 0 Å². The van der Waals surface area contributed by atoms with Crippen LogP contribution in [0.1, 0.15) is 55.2 Å². The molecule has 1 heteroatoms. The second kappa shape index (κ2) is 4.36. The topological polar surface area (TPSA) is 20.2 Å². The van der Waals surface area contributed by atoms with Crippen molar-refractivity contribution in [2.45, 2.75) is 44.9 Å². The molecular weight excluding hydrogens is 184 g/mol. The Hall–Kier alpha value is -0.820. The van der Waals surface area contributed by atoms with E-state index in [1.807, 2.05) is 0 Å². The van der Waals surface area contributed by atoms with E-state index in [1.165, 1.54) is 29.5 Å². The molecule has 1 N–H and O–H groups in total. The first-order chi connectivity index (χ1) is 7.26. The Morgan fingerprint density at radius 2 is 2.13 bits per heavy atom. The van der Waals surface area contributed by atoms with Gasteiger partial charge >= 0.3 is 0 Å². The average molecular weight is 204 g/mol. The Labute approximate surface area is 92.1 Å². The molecule has 1 unspecified atom stereocenters. The van der Waals surface area contributed by atoms with Crippen molar-refractivity contribution in [1.82, 2.24) is 0 Å². The molecule has 0 saturated heterocycles. The summed E-state index contributed by atoms with van der Waals surface area (Å²) in [6.07, 6.45) is 3.75. The van der Waals surface area contributed by atoms with Crippen LogP contribution in [0.25, 0.3) is 0 Å². The van der Waals surface area contributed by atoms with Crippen molar-refractivity contribution in [2.75, 3.05) is 6.61 Å². The van der Waals surface area contributed by atoms with Crippen LogP contribution in [-0.2, 0) is 6.42 Å². The molecule has 1 aromatic rings. The van der Waals surface area contributed by atoms with Crippen molar-refractivity contribution in [1.29, 1.82) is 0 Å². The highest BCUT2D eigenvalue weighted by Crippen LogP contribution is 2.41. The van der Waals surface area contributed by atoms with Crippen LogP contribution in [0, 0.1) is 0 Å². The molecule has 1 aliphatic rings. The Morgan fingerprint density at radius 3 is 2.67 bits per heavy atom. The molecule has 82 valence electrons. The third kappa shape index (κ3) is 2.23. The van der Waals surface area contributed by atoms with E-state index in [-0.39, 0.29) is 12.5 Å². The summed E-state index contributed by atoms with van der Waals surface area (Å²) in [6, 6.07) is 6.83. The van der Waals surface area contributed by atoms with Crippen LogP contribution in [0.5, 0.6) is 0 Å². The molecule has 1 aliphatic carbocycles. The molecule has 0 amide bonds. The minimum absolute atomic E-state index is 0.251. The lowest BCUT2D eigenvalue weighted by atomic mass is 9.92. The van der Waals surface area contributed by atoms with Crippen molar-refractivity contribution in [3.63, 3.8) is 0 Å². The molecule has 0 radical (unpaired) electrons. The van der Waals surface area contributed by atoms with E-state index >= 15 is 0 Å². The van der Waals surface area contributed by atoms with Crippen LogP contribution in [0.3, 0.4) is 0 Å². The number of benzene rings is 1. The highest BCUT2D eigenvalue weighted by Gasteiger charge is 2.24. The SMILES string of the molecule is CCc1ccc(C2CC2)cc1C(C)CO. The molecule has 1 atom stereocenters. The molecule has 15 heavy (non-hydrogen) atoms. The lowest BCUT2D eigenvalue weighted by Gasteiger charge is -2.15. The fraction of sp³-hybridized carbons (Fsp3) is 0.571. The number of aryl methyl sites for hydroxylation is 1. The van der Waals surface area contributed by atoms with Gasteiger partial charge in [0.05, 0.1) is 0 Å². The second-order valence-corrected chi connectivity index (χ2v) is 4.67. The van der Waals surface area contributed by atoms with E-state index in [4.69, 9.17) is 0 Å². The number of hydrogen-bond acceptors (Lipinski definition) is 1. The second-order valence-electron chi connectivity index (χ2n) is 4.67. The van der Waals surface area contributed by atoms with Crippen LogP contribution in [0.2, 0.25) is 0 Å². The first-order valence-electron chi connectivity index (χ1n) is 5.99. The standard InChI is InChI=1S/C14H20O/c1-3-11-4-7-13(12-5-6-12)8-14(11)10(2)9-15/h4,7-8,10,12,15H,3,5-6,9H2,1-2H3. The summed E-state index contributed by atoms with van der Waals surface area (Å²) in [5, 5.41) is 9.25. The van der Waals surface area contributed by atoms with Crippen LogP contribution < -0.4 is 0 Å². The molecule has 2 rings (SSSR count). The summed E-state index contributed by atoms with van der Waals surface area (Å²) in [6.45, 7) is 4.53. The molecule has 1 aromatic carbocycles. The van der Waals surface area contributed by atoms with Crippen molar-refractivity contribution >= 4 is 0 Å². The van der Waals surface area contributed by atoms with E-state index in [1.54, 1.807) is 0 Å². The van der Waals surface area contributed by atoms with Gasteiger partial charge in [-0.25, -0.2) is 0 Å². The zero-order valence-electron chi connectivity index (χ0n) is 9.66. The fourth-order valence-corrected chi connectivity index (χ4v) is 2.16. The Morgan fingerprint density at radius 1 is 1.40 bits per heavy atom. The van der Waals surface area contributed by atoms with Gasteiger partial charge in [-0.15, -0.1) is 0 Å². The highest BCUT2D eigenvalue weighted by atomic mass is 16.3. The van der Waals surface area contributed by atoms with Gasteiger partial charge in [-0.3, -0.25) is 0 Å². The summed E-state index contributed by atoms with van der Waals surface area (Å²) < 4.78 is 0. The van der Waals surface area contributed by atoms with Crippen LogP contribution in [-0.4, -0.2) is 11.7 Å². The van der Waals surface area contributed by atoms with Crippen LogP contribution in [0.4, 0.5) is 0 Å². The number of aliphatic hydroxyl groups excluding tert-OH is 1. The molecule has 1 saturated carbocycles. The zero-order chi connectivity index (χ0) is 10.8. The maximum Gasteiger partial charge on any atom is 0.0497 e. The number of aliphatic hydroxyl groups is 1. The largest absolute Gasteiger partial charge is 0.396 e. The normalized spacial score (nSPS) is 17.8. The van der Waals surface area contributed by atoms with Gasteiger partial charge in [-0.05, 0) is 41.9 Å². The van der Waals surface area contributed by atoms with E-state index < -0.39 is 0 Å². The highest BCUT2D eigenvalue weighted by molar-refractivity contribution is 5.37. The van der Waals surface area contributed by atoms with Crippen molar-refractivity contribution in [3.8, 4) is 0 Å². The molecule has 0 aliphatic heterocycles. The summed E-state index contributed by atoms with van der Waals surface area (Å²) in [5.41, 5.74) is 4.22. The third-order valence-corrected chi connectivity index (χ3v) is 3.40. The molecule has 1 fully saturated rings. The van der Waals surface area contributed by atoms with Crippen molar-refractivity contribution < 1.29 is 5.11 Å². The molecule has 1 nitrogen and oxygen atoms in total. The predicted molar refractivity (Wildman–Crippen MR) is 63.3 cm³/mol. The first kappa shape index (κ1) is 10.7. The van der Waals surface area contributed by atoms with E-state index in [0.29, 0.717) is 0 Å². The smallest absolute Gasteiger partial charge is 0.0497 e. The monoisotopic (exact) mass is 204 g/mol. The van der Waals surface area contributed by atoms with Crippen LogP contribution in [0.15, 0.2) is 18.2 Å². The Balaban J connectivity index is 2.33. The third-order valence-electron chi connectivity index (χ3n) is 3.40. The van der Waals surface area contributed by atoms with Gasteiger partial charge in [-0.1, -0.05) is 32.0 Å². The Bertz CT molecular complexity index is 339. The fourth-order valence-electron chi connectivity index (χ4n) is 2.16. The van der Waals surface area contributed by atoms with Gasteiger partial charge < -0.3 is 5.11 Å². The Kier molecular flexibility index (Phi) is 3.11. The minimum atomic E-state index is 0.251. The average Bonchev–Trinajstić information content (AvgIpc) is 3.11. The number of hydrogen-bond donors (Lipinski definition) is 1. The summed E-state index contributed by atoms with van der Waals surface area (Å²) in [5.74, 6) is 1.08. The quantitative estimate of drug-likeness (QED) is 0.798. The molecule has 0 spiro atoms. The summed E-state index contributed by atoms with van der Waals surface area (Å²) in [4.78, 5) is 0. The molecule has 0 bridgehead atoms. The van der Waals surface area contributed by atoms with Gasteiger partial charge in [0, 0.05) is 12.5 Å². The lowest BCUT2D eigenvalue weighted by molar-refractivity contribution is 0.272. The van der Waals surface area contributed by atoms with E-state index in [2.05, 4.69) is 32.0 Å².